The van der Waals surface area contributed by atoms with Crippen molar-refractivity contribution in [2.24, 2.45) is 0 Å². The van der Waals surface area contributed by atoms with Crippen molar-refractivity contribution in [1.29, 1.82) is 0 Å². The summed E-state index contributed by atoms with van der Waals surface area (Å²) in [4.78, 5) is 16.3. The molecule has 0 N–H and O–H groups in total. The number of amides is 1. The van der Waals surface area contributed by atoms with E-state index in [1.807, 2.05) is 37.4 Å². The number of furan rings is 1. The van der Waals surface area contributed by atoms with Gasteiger partial charge in [0.2, 0.25) is 0 Å². The first-order valence-corrected chi connectivity index (χ1v) is 12.6. The normalized spacial score (nSPS) is 18.4. The van der Waals surface area contributed by atoms with Gasteiger partial charge >= 0.3 is 0 Å². The summed E-state index contributed by atoms with van der Waals surface area (Å²) in [6, 6.07) is 7.68. The van der Waals surface area contributed by atoms with Crippen molar-refractivity contribution >= 4 is 38.1 Å². The standard InChI is InChI=1S/C22H25NO4S2/c1-4-16-5-6-19-18(11-16)15(3)21(27-19)22(24)23(12-20-14(2)7-9-28-20)17-8-10-29(25,26)13-17/h5-7,9,11,17H,4,8,10,12-13H2,1-3H3/t17-/m0/s1. The van der Waals surface area contributed by atoms with Crippen LogP contribution in [0, 0.1) is 13.8 Å². The highest BCUT2D eigenvalue weighted by atomic mass is 32.2. The molecule has 154 valence electrons. The van der Waals surface area contributed by atoms with Crippen LogP contribution in [0.2, 0.25) is 0 Å². The van der Waals surface area contributed by atoms with Crippen molar-refractivity contribution in [3.05, 3.63) is 57.0 Å². The average molecular weight is 432 g/mol. The maximum Gasteiger partial charge on any atom is 0.290 e. The van der Waals surface area contributed by atoms with E-state index in [1.54, 1.807) is 16.2 Å². The number of sulfone groups is 1. The highest BCUT2D eigenvalue weighted by Gasteiger charge is 2.37. The average Bonchev–Trinajstić information content (AvgIpc) is 3.36. The first kappa shape index (κ1) is 20.2. The Labute approximate surface area is 175 Å². The van der Waals surface area contributed by atoms with Crippen LogP contribution < -0.4 is 0 Å². The van der Waals surface area contributed by atoms with Crippen LogP contribution in [0.4, 0.5) is 0 Å². The smallest absolute Gasteiger partial charge is 0.290 e. The topological polar surface area (TPSA) is 67.6 Å². The van der Waals surface area contributed by atoms with Crippen molar-refractivity contribution in [3.63, 3.8) is 0 Å². The van der Waals surface area contributed by atoms with Gasteiger partial charge in [0, 0.05) is 21.9 Å². The van der Waals surface area contributed by atoms with Crippen LogP contribution >= 0.6 is 11.3 Å². The number of hydrogen-bond acceptors (Lipinski definition) is 5. The van der Waals surface area contributed by atoms with Gasteiger partial charge in [0.15, 0.2) is 15.6 Å². The number of carbonyl (C=O) groups excluding carboxylic acids is 1. The van der Waals surface area contributed by atoms with E-state index >= 15 is 0 Å². The van der Waals surface area contributed by atoms with Crippen molar-refractivity contribution in [2.45, 2.75) is 46.2 Å². The molecule has 0 aliphatic carbocycles. The second kappa shape index (κ2) is 7.61. The van der Waals surface area contributed by atoms with E-state index < -0.39 is 9.84 Å². The maximum atomic E-state index is 13.6. The van der Waals surface area contributed by atoms with Crippen molar-refractivity contribution < 1.29 is 17.6 Å². The van der Waals surface area contributed by atoms with Gasteiger partial charge in [-0.1, -0.05) is 13.0 Å². The maximum absolute atomic E-state index is 13.6. The number of fused-ring (bicyclic) bond motifs is 1. The lowest BCUT2D eigenvalue weighted by molar-refractivity contribution is 0.0651. The number of carbonyl (C=O) groups is 1. The molecule has 0 radical (unpaired) electrons. The van der Waals surface area contributed by atoms with Gasteiger partial charge in [-0.3, -0.25) is 4.79 Å². The molecule has 1 aliphatic rings. The predicted octanol–water partition coefficient (Wildman–Crippen LogP) is 4.50. The zero-order valence-electron chi connectivity index (χ0n) is 16.9. The molecule has 1 aliphatic heterocycles. The molecular formula is C22H25NO4S2. The predicted molar refractivity (Wildman–Crippen MR) is 116 cm³/mol. The van der Waals surface area contributed by atoms with Crippen molar-refractivity contribution in [1.82, 2.24) is 4.90 Å². The molecule has 0 unspecified atom stereocenters. The Hall–Kier alpha value is -2.12. The first-order valence-electron chi connectivity index (χ1n) is 9.85. The molecule has 0 spiro atoms. The van der Waals surface area contributed by atoms with Crippen LogP contribution in [0.25, 0.3) is 11.0 Å². The fourth-order valence-electron chi connectivity index (χ4n) is 3.93. The summed E-state index contributed by atoms with van der Waals surface area (Å²) in [5, 5.41) is 2.94. The molecule has 1 atom stereocenters. The Morgan fingerprint density at radius 2 is 2.07 bits per heavy atom. The number of rotatable bonds is 5. The molecule has 5 nitrogen and oxygen atoms in total. The fourth-order valence-corrected chi connectivity index (χ4v) is 6.57. The lowest BCUT2D eigenvalue weighted by atomic mass is 10.1. The lowest BCUT2D eigenvalue weighted by Crippen LogP contribution is -2.40. The fraction of sp³-hybridized carbons (Fsp3) is 0.409. The van der Waals surface area contributed by atoms with E-state index in [9.17, 15) is 13.2 Å². The lowest BCUT2D eigenvalue weighted by Gasteiger charge is -2.27. The number of nitrogens with zero attached hydrogens (tertiary/aromatic N) is 1. The van der Waals surface area contributed by atoms with E-state index in [2.05, 4.69) is 13.0 Å². The zero-order chi connectivity index (χ0) is 20.8. The van der Waals surface area contributed by atoms with Gasteiger partial charge in [0.05, 0.1) is 18.1 Å². The zero-order valence-corrected chi connectivity index (χ0v) is 18.5. The highest BCUT2D eigenvalue weighted by molar-refractivity contribution is 7.91. The van der Waals surface area contributed by atoms with Crippen LogP contribution in [-0.2, 0) is 22.8 Å². The van der Waals surface area contributed by atoms with Crippen LogP contribution in [0.5, 0.6) is 0 Å². The summed E-state index contributed by atoms with van der Waals surface area (Å²) < 4.78 is 30.2. The van der Waals surface area contributed by atoms with Crippen LogP contribution in [0.1, 0.15) is 45.5 Å². The summed E-state index contributed by atoms with van der Waals surface area (Å²) in [6.45, 7) is 6.41. The molecule has 3 aromatic rings. The Morgan fingerprint density at radius 1 is 1.28 bits per heavy atom. The van der Waals surface area contributed by atoms with E-state index in [0.717, 1.165) is 27.8 Å². The minimum absolute atomic E-state index is 0.0163. The molecule has 29 heavy (non-hydrogen) atoms. The largest absolute Gasteiger partial charge is 0.451 e. The van der Waals surface area contributed by atoms with Gasteiger partial charge in [-0.05, 0) is 61.4 Å². The molecule has 7 heteroatoms. The molecule has 0 saturated carbocycles. The SMILES string of the molecule is CCc1ccc2oc(C(=O)N(Cc3sccc3C)[C@H]3CCS(=O)(=O)C3)c(C)c2c1. The Balaban J connectivity index is 1.74. The molecule has 1 saturated heterocycles. The minimum atomic E-state index is -3.11. The third-order valence-corrected chi connectivity index (χ3v) is 8.55. The van der Waals surface area contributed by atoms with Crippen molar-refractivity contribution in [2.75, 3.05) is 11.5 Å². The molecule has 1 amide bonds. The highest BCUT2D eigenvalue weighted by Crippen LogP contribution is 2.31. The van der Waals surface area contributed by atoms with Gasteiger partial charge in [-0.25, -0.2) is 8.42 Å². The first-order chi connectivity index (χ1) is 13.8. The van der Waals surface area contributed by atoms with E-state index in [-0.39, 0.29) is 23.5 Å². The summed E-state index contributed by atoms with van der Waals surface area (Å²) in [7, 11) is -3.11. The van der Waals surface area contributed by atoms with Gasteiger partial charge in [0.1, 0.15) is 5.58 Å². The second-order valence-corrected chi connectivity index (χ2v) is 11.0. The van der Waals surface area contributed by atoms with Gasteiger partial charge < -0.3 is 9.32 Å². The third-order valence-electron chi connectivity index (χ3n) is 5.80. The number of aryl methyl sites for hydroxylation is 3. The quantitative estimate of drug-likeness (QED) is 0.596. The van der Waals surface area contributed by atoms with E-state index in [0.29, 0.717) is 24.3 Å². The number of thiophene rings is 1. The Bertz CT molecular complexity index is 1170. The molecule has 3 heterocycles. The molecule has 4 rings (SSSR count). The third kappa shape index (κ3) is 3.85. The summed E-state index contributed by atoms with van der Waals surface area (Å²) in [6.07, 6.45) is 1.38. The molecule has 2 aromatic heterocycles. The van der Waals surface area contributed by atoms with E-state index in [4.69, 9.17) is 4.42 Å². The van der Waals surface area contributed by atoms with E-state index in [1.165, 1.54) is 5.56 Å². The number of benzene rings is 1. The Morgan fingerprint density at radius 3 is 2.69 bits per heavy atom. The summed E-state index contributed by atoms with van der Waals surface area (Å²) in [5.74, 6) is 0.227. The summed E-state index contributed by atoms with van der Waals surface area (Å²) >= 11 is 1.59. The Kier molecular flexibility index (Phi) is 5.29. The van der Waals surface area contributed by atoms with Gasteiger partial charge in [0.25, 0.3) is 5.91 Å². The van der Waals surface area contributed by atoms with Gasteiger partial charge in [-0.2, -0.15) is 0 Å². The van der Waals surface area contributed by atoms with Crippen molar-refractivity contribution in [3.8, 4) is 0 Å². The number of hydrogen-bond donors (Lipinski definition) is 0. The minimum Gasteiger partial charge on any atom is -0.451 e. The molecule has 1 fully saturated rings. The molecular weight excluding hydrogens is 406 g/mol. The molecule has 1 aromatic carbocycles. The molecule has 0 bridgehead atoms. The van der Waals surface area contributed by atoms with Crippen LogP contribution in [-0.4, -0.2) is 36.8 Å². The van der Waals surface area contributed by atoms with Gasteiger partial charge in [-0.15, -0.1) is 11.3 Å². The summed E-state index contributed by atoms with van der Waals surface area (Å²) in [5.41, 5.74) is 3.80. The second-order valence-electron chi connectivity index (χ2n) is 7.76. The monoisotopic (exact) mass is 431 g/mol. The van der Waals surface area contributed by atoms with Crippen LogP contribution in [0.15, 0.2) is 34.1 Å². The van der Waals surface area contributed by atoms with Crippen LogP contribution in [0.3, 0.4) is 0 Å².